The second-order valence-electron chi connectivity index (χ2n) is 8.50. The van der Waals surface area contributed by atoms with Crippen LogP contribution in [0.25, 0.3) is 11.0 Å². The van der Waals surface area contributed by atoms with Crippen LogP contribution in [0.1, 0.15) is 34.5 Å². The predicted octanol–water partition coefficient (Wildman–Crippen LogP) is 3.88. The number of carbonyl (C=O) groups is 2. The van der Waals surface area contributed by atoms with Crippen LogP contribution in [-0.4, -0.2) is 60.0 Å². The number of rotatable bonds is 3. The topological polar surface area (TPSA) is 63.0 Å². The lowest BCUT2D eigenvalue weighted by atomic mass is 9.89. The van der Waals surface area contributed by atoms with Crippen molar-refractivity contribution in [3.63, 3.8) is 0 Å². The molecular weight excluding hydrogens is 412 g/mol. The van der Waals surface area contributed by atoms with Crippen LogP contribution < -0.4 is 0 Å². The third kappa shape index (κ3) is 3.88. The van der Waals surface area contributed by atoms with E-state index in [1.807, 2.05) is 57.8 Å². The number of aryl methyl sites for hydroxylation is 1. The fourth-order valence-corrected chi connectivity index (χ4v) is 5.35. The number of nitrogens with zero attached hydrogens (tertiary/aromatic N) is 2. The summed E-state index contributed by atoms with van der Waals surface area (Å²) in [7, 11) is 0. The van der Waals surface area contributed by atoms with Crippen molar-refractivity contribution in [1.29, 1.82) is 0 Å². The van der Waals surface area contributed by atoms with E-state index in [1.165, 1.54) is 0 Å². The first-order valence-electron chi connectivity index (χ1n) is 10.7. The number of benzene rings is 1. The number of hydrogen-bond donors (Lipinski definition) is 0. The van der Waals surface area contributed by atoms with Crippen molar-refractivity contribution in [3.8, 4) is 0 Å². The predicted molar refractivity (Wildman–Crippen MR) is 119 cm³/mol. The number of hydrogen-bond acceptors (Lipinski definition) is 5. The summed E-state index contributed by atoms with van der Waals surface area (Å²) in [6.45, 7) is 4.86. The zero-order valence-corrected chi connectivity index (χ0v) is 18.5. The minimum Gasteiger partial charge on any atom is -0.451 e. The number of ether oxygens (including phenoxy) is 1. The minimum absolute atomic E-state index is 0.0765. The highest BCUT2D eigenvalue weighted by atomic mass is 32.1. The van der Waals surface area contributed by atoms with E-state index in [1.54, 1.807) is 11.3 Å². The molecule has 2 aliphatic rings. The van der Waals surface area contributed by atoms with Gasteiger partial charge in [0.2, 0.25) is 5.91 Å². The van der Waals surface area contributed by atoms with Gasteiger partial charge < -0.3 is 19.0 Å². The van der Waals surface area contributed by atoms with E-state index in [2.05, 4.69) is 0 Å². The molecule has 1 spiro atoms. The Hall–Kier alpha value is -2.64. The Morgan fingerprint density at radius 1 is 1.10 bits per heavy atom. The number of para-hydroxylation sites is 1. The van der Waals surface area contributed by atoms with Gasteiger partial charge in [-0.25, -0.2) is 0 Å². The van der Waals surface area contributed by atoms with Crippen LogP contribution in [0.5, 0.6) is 0 Å². The van der Waals surface area contributed by atoms with Crippen LogP contribution in [0.2, 0.25) is 0 Å². The Morgan fingerprint density at radius 3 is 2.65 bits per heavy atom. The molecule has 7 heteroatoms. The van der Waals surface area contributed by atoms with E-state index in [0.717, 1.165) is 34.9 Å². The molecule has 5 rings (SSSR count). The molecule has 6 nitrogen and oxygen atoms in total. The number of morpholine rings is 1. The van der Waals surface area contributed by atoms with E-state index in [-0.39, 0.29) is 17.4 Å². The zero-order valence-electron chi connectivity index (χ0n) is 17.6. The summed E-state index contributed by atoms with van der Waals surface area (Å²) >= 11 is 1.61. The first-order chi connectivity index (χ1) is 15.0. The summed E-state index contributed by atoms with van der Waals surface area (Å²) in [5.74, 6) is 0.504. The molecule has 0 bridgehead atoms. The van der Waals surface area contributed by atoms with Gasteiger partial charge in [-0.05, 0) is 48.2 Å². The van der Waals surface area contributed by atoms with Crippen molar-refractivity contribution >= 4 is 34.1 Å². The molecule has 162 valence electrons. The zero-order chi connectivity index (χ0) is 21.4. The Bertz CT molecular complexity index is 1100. The number of furan rings is 1. The molecular formula is C24H26N2O4S. The van der Waals surface area contributed by atoms with E-state index in [0.29, 0.717) is 45.0 Å². The summed E-state index contributed by atoms with van der Waals surface area (Å²) in [5, 5.41) is 5.00. The fraction of sp³-hybridized carbons (Fsp3) is 0.417. The SMILES string of the molecule is Cc1c(C(=O)N2CCOC3(CCN(C(=O)Cc4ccsc4)CC3)C2)oc2ccccc12. The van der Waals surface area contributed by atoms with E-state index in [4.69, 9.17) is 9.15 Å². The third-order valence-corrected chi connectivity index (χ3v) is 7.27. The van der Waals surface area contributed by atoms with Crippen molar-refractivity contribution in [2.75, 3.05) is 32.8 Å². The van der Waals surface area contributed by atoms with Gasteiger partial charge in [-0.15, -0.1) is 0 Å². The molecule has 2 amide bonds. The average molecular weight is 439 g/mol. The van der Waals surface area contributed by atoms with Crippen molar-refractivity contribution in [2.24, 2.45) is 0 Å². The summed E-state index contributed by atoms with van der Waals surface area (Å²) in [4.78, 5) is 29.7. The van der Waals surface area contributed by atoms with Gasteiger partial charge in [0.25, 0.3) is 5.91 Å². The summed E-state index contributed by atoms with van der Waals surface area (Å²) in [6, 6.07) is 9.74. The van der Waals surface area contributed by atoms with Gasteiger partial charge in [-0.3, -0.25) is 9.59 Å². The first kappa shape index (κ1) is 20.3. The highest BCUT2D eigenvalue weighted by molar-refractivity contribution is 7.08. The average Bonchev–Trinajstić information content (AvgIpc) is 3.42. The van der Waals surface area contributed by atoms with Crippen LogP contribution in [-0.2, 0) is 16.0 Å². The van der Waals surface area contributed by atoms with Gasteiger partial charge in [0, 0.05) is 30.6 Å². The molecule has 0 unspecified atom stereocenters. The lowest BCUT2D eigenvalue weighted by Gasteiger charge is -2.47. The molecule has 0 radical (unpaired) electrons. The minimum atomic E-state index is -0.382. The van der Waals surface area contributed by atoms with Crippen LogP contribution in [0.3, 0.4) is 0 Å². The molecule has 0 aliphatic carbocycles. The molecule has 2 aliphatic heterocycles. The lowest BCUT2D eigenvalue weighted by molar-refractivity contribution is -0.146. The van der Waals surface area contributed by atoms with Crippen molar-refractivity contribution in [1.82, 2.24) is 9.80 Å². The summed E-state index contributed by atoms with van der Waals surface area (Å²) < 4.78 is 12.1. The van der Waals surface area contributed by atoms with Crippen molar-refractivity contribution in [3.05, 3.63) is 58.0 Å². The van der Waals surface area contributed by atoms with Gasteiger partial charge in [0.05, 0.1) is 25.2 Å². The first-order valence-corrected chi connectivity index (χ1v) is 11.7. The van der Waals surface area contributed by atoms with Crippen LogP contribution >= 0.6 is 11.3 Å². The monoisotopic (exact) mass is 438 g/mol. The molecule has 0 saturated carbocycles. The second-order valence-corrected chi connectivity index (χ2v) is 9.28. The molecule has 4 heterocycles. The van der Waals surface area contributed by atoms with Crippen molar-refractivity contribution < 1.29 is 18.7 Å². The Morgan fingerprint density at radius 2 is 1.90 bits per heavy atom. The van der Waals surface area contributed by atoms with Gasteiger partial charge in [-0.2, -0.15) is 11.3 Å². The van der Waals surface area contributed by atoms with Gasteiger partial charge >= 0.3 is 0 Å². The van der Waals surface area contributed by atoms with E-state index < -0.39 is 0 Å². The normalized spacial score (nSPS) is 18.6. The second kappa shape index (κ2) is 8.13. The summed E-state index contributed by atoms with van der Waals surface area (Å²) in [6.07, 6.45) is 1.93. The number of carbonyl (C=O) groups excluding carboxylic acids is 2. The molecule has 0 N–H and O–H groups in total. The maximum absolute atomic E-state index is 13.3. The lowest BCUT2D eigenvalue weighted by Crippen LogP contribution is -2.58. The van der Waals surface area contributed by atoms with Gasteiger partial charge in [0.1, 0.15) is 5.58 Å². The maximum Gasteiger partial charge on any atom is 0.290 e. The van der Waals surface area contributed by atoms with E-state index in [9.17, 15) is 9.59 Å². The maximum atomic E-state index is 13.3. The number of fused-ring (bicyclic) bond motifs is 1. The van der Waals surface area contributed by atoms with Gasteiger partial charge in [-0.1, -0.05) is 18.2 Å². The Balaban J connectivity index is 1.25. The third-order valence-electron chi connectivity index (χ3n) is 6.54. The molecule has 3 aromatic rings. The molecule has 31 heavy (non-hydrogen) atoms. The molecule has 2 fully saturated rings. The van der Waals surface area contributed by atoms with Crippen LogP contribution in [0.15, 0.2) is 45.5 Å². The largest absolute Gasteiger partial charge is 0.451 e. The smallest absolute Gasteiger partial charge is 0.290 e. The number of amides is 2. The molecule has 2 saturated heterocycles. The number of likely N-dealkylation sites (tertiary alicyclic amines) is 1. The highest BCUT2D eigenvalue weighted by Gasteiger charge is 2.42. The van der Waals surface area contributed by atoms with Gasteiger partial charge in [0.15, 0.2) is 5.76 Å². The molecule has 2 aromatic heterocycles. The van der Waals surface area contributed by atoms with Crippen LogP contribution in [0, 0.1) is 6.92 Å². The standard InChI is InChI=1S/C24H26N2O4S/c1-17-19-4-2-3-5-20(19)30-22(17)23(28)26-11-12-29-24(16-26)7-9-25(10-8-24)21(27)14-18-6-13-31-15-18/h2-6,13,15H,7-12,14,16H2,1H3. The van der Waals surface area contributed by atoms with Crippen LogP contribution in [0.4, 0.5) is 0 Å². The molecule has 0 atom stereocenters. The van der Waals surface area contributed by atoms with E-state index >= 15 is 0 Å². The number of piperidine rings is 1. The fourth-order valence-electron chi connectivity index (χ4n) is 4.69. The Labute approximate surface area is 185 Å². The molecule has 1 aromatic carbocycles. The number of thiophene rings is 1. The highest BCUT2D eigenvalue weighted by Crippen LogP contribution is 2.32. The summed E-state index contributed by atoms with van der Waals surface area (Å²) in [5.41, 5.74) is 2.31. The quantitative estimate of drug-likeness (QED) is 0.623. The van der Waals surface area contributed by atoms with Crippen molar-refractivity contribution in [2.45, 2.75) is 31.8 Å². The Kier molecular flexibility index (Phi) is 5.32.